The van der Waals surface area contributed by atoms with Gasteiger partial charge in [0.05, 0.1) is 11.6 Å². The van der Waals surface area contributed by atoms with Crippen molar-refractivity contribution < 1.29 is 4.74 Å². The molecule has 21 heavy (non-hydrogen) atoms. The number of benzene rings is 1. The molecule has 0 spiro atoms. The van der Waals surface area contributed by atoms with Crippen LogP contribution in [0, 0.1) is 0 Å². The topological polar surface area (TPSA) is 38.5 Å². The Bertz CT molecular complexity index is 468. The van der Waals surface area contributed by atoms with Crippen molar-refractivity contribution in [3.63, 3.8) is 0 Å². The highest BCUT2D eigenvalue weighted by molar-refractivity contribution is 5.37. The van der Waals surface area contributed by atoms with Gasteiger partial charge in [-0.25, -0.2) is 0 Å². The van der Waals surface area contributed by atoms with E-state index in [1.807, 2.05) is 0 Å². The average molecular weight is 288 g/mol. The van der Waals surface area contributed by atoms with Crippen molar-refractivity contribution in [1.29, 1.82) is 0 Å². The summed E-state index contributed by atoms with van der Waals surface area (Å²) in [7, 11) is 0. The van der Waals surface area contributed by atoms with Gasteiger partial charge in [-0.1, -0.05) is 24.3 Å². The molecular formula is C18H28N2O. The summed E-state index contributed by atoms with van der Waals surface area (Å²) in [6.07, 6.45) is 6.36. The largest absolute Gasteiger partial charge is 0.378 e. The number of rotatable bonds is 4. The third-order valence-corrected chi connectivity index (χ3v) is 5.34. The Morgan fingerprint density at radius 2 is 2.05 bits per heavy atom. The van der Waals surface area contributed by atoms with E-state index in [4.69, 9.17) is 10.5 Å². The molecule has 1 heterocycles. The fourth-order valence-electron chi connectivity index (χ4n) is 4.25. The second-order valence-electron chi connectivity index (χ2n) is 6.39. The molecule has 0 aromatic heterocycles. The lowest BCUT2D eigenvalue weighted by Gasteiger charge is -2.49. The number of aryl methyl sites for hydroxylation is 1. The average Bonchev–Trinajstić information content (AvgIpc) is 2.55. The van der Waals surface area contributed by atoms with E-state index in [0.29, 0.717) is 6.10 Å². The maximum absolute atomic E-state index is 6.30. The molecule has 1 atom stereocenters. The summed E-state index contributed by atoms with van der Waals surface area (Å²) < 4.78 is 5.80. The lowest BCUT2D eigenvalue weighted by Crippen LogP contribution is -2.56. The Kier molecular flexibility index (Phi) is 4.63. The molecule has 3 heteroatoms. The van der Waals surface area contributed by atoms with Gasteiger partial charge in [0.25, 0.3) is 0 Å². The lowest BCUT2D eigenvalue weighted by atomic mass is 9.74. The minimum atomic E-state index is 0.0615. The van der Waals surface area contributed by atoms with E-state index in [0.717, 1.165) is 39.1 Å². The first-order valence-electron chi connectivity index (χ1n) is 8.45. The zero-order valence-corrected chi connectivity index (χ0v) is 13.2. The Hall–Kier alpha value is -0.900. The molecule has 0 radical (unpaired) electrons. The van der Waals surface area contributed by atoms with Gasteiger partial charge in [0.2, 0.25) is 0 Å². The normalized spacial score (nSPS) is 27.5. The van der Waals surface area contributed by atoms with Gasteiger partial charge in [-0.15, -0.1) is 0 Å². The number of piperidine rings is 1. The third-order valence-electron chi connectivity index (χ3n) is 5.34. The van der Waals surface area contributed by atoms with Crippen molar-refractivity contribution in [2.75, 3.05) is 26.2 Å². The van der Waals surface area contributed by atoms with E-state index in [9.17, 15) is 0 Å². The maximum atomic E-state index is 6.30. The molecule has 1 aliphatic heterocycles. The molecule has 1 unspecified atom stereocenters. The predicted molar refractivity (Wildman–Crippen MR) is 86.3 cm³/mol. The van der Waals surface area contributed by atoms with Crippen LogP contribution in [0.3, 0.4) is 0 Å². The van der Waals surface area contributed by atoms with Gasteiger partial charge in [0.1, 0.15) is 0 Å². The van der Waals surface area contributed by atoms with Crippen LogP contribution in [0.15, 0.2) is 24.3 Å². The molecule has 0 amide bonds. The highest BCUT2D eigenvalue weighted by Crippen LogP contribution is 2.40. The Labute approximate surface area is 128 Å². The van der Waals surface area contributed by atoms with Crippen LogP contribution >= 0.6 is 0 Å². The molecule has 0 saturated carbocycles. The van der Waals surface area contributed by atoms with Crippen LogP contribution < -0.4 is 5.73 Å². The van der Waals surface area contributed by atoms with Gasteiger partial charge >= 0.3 is 0 Å². The zero-order valence-electron chi connectivity index (χ0n) is 13.2. The van der Waals surface area contributed by atoms with Gasteiger partial charge in [0.15, 0.2) is 0 Å². The van der Waals surface area contributed by atoms with Crippen LogP contribution in [0.5, 0.6) is 0 Å². The summed E-state index contributed by atoms with van der Waals surface area (Å²) in [6.45, 7) is 5.86. The minimum Gasteiger partial charge on any atom is -0.378 e. The molecule has 116 valence electrons. The van der Waals surface area contributed by atoms with E-state index in [2.05, 4.69) is 36.1 Å². The minimum absolute atomic E-state index is 0.0615. The first kappa shape index (κ1) is 15.0. The molecule has 1 saturated heterocycles. The molecule has 0 bridgehead atoms. The fourth-order valence-corrected chi connectivity index (χ4v) is 4.25. The summed E-state index contributed by atoms with van der Waals surface area (Å²) in [6, 6.07) is 8.91. The maximum Gasteiger partial charge on any atom is 0.0599 e. The highest BCUT2D eigenvalue weighted by Gasteiger charge is 2.41. The van der Waals surface area contributed by atoms with Crippen LogP contribution in [0.2, 0.25) is 0 Å². The van der Waals surface area contributed by atoms with Crippen molar-refractivity contribution in [1.82, 2.24) is 4.90 Å². The first-order valence-corrected chi connectivity index (χ1v) is 8.45. The number of hydrogen-bond acceptors (Lipinski definition) is 3. The highest BCUT2D eigenvalue weighted by atomic mass is 16.5. The summed E-state index contributed by atoms with van der Waals surface area (Å²) in [5.74, 6) is 0. The van der Waals surface area contributed by atoms with Gasteiger partial charge in [-0.2, -0.15) is 0 Å². The molecule has 3 rings (SSSR count). The van der Waals surface area contributed by atoms with Crippen LogP contribution in [-0.4, -0.2) is 37.2 Å². The number of nitrogens with two attached hydrogens (primary N) is 1. The quantitative estimate of drug-likeness (QED) is 0.926. The predicted octanol–water partition coefficient (Wildman–Crippen LogP) is 2.68. The van der Waals surface area contributed by atoms with Crippen LogP contribution in [0.4, 0.5) is 0 Å². The fraction of sp³-hybridized carbons (Fsp3) is 0.667. The van der Waals surface area contributed by atoms with Gasteiger partial charge in [-0.3, -0.25) is 4.90 Å². The van der Waals surface area contributed by atoms with Gasteiger partial charge in [0, 0.05) is 26.2 Å². The Morgan fingerprint density at radius 3 is 2.76 bits per heavy atom. The van der Waals surface area contributed by atoms with Crippen molar-refractivity contribution >= 4 is 0 Å². The number of nitrogens with zero attached hydrogens (tertiary/aromatic N) is 1. The number of fused-ring (bicyclic) bond motifs is 1. The molecule has 2 aliphatic rings. The first-order chi connectivity index (χ1) is 10.3. The smallest absolute Gasteiger partial charge is 0.0599 e. The summed E-state index contributed by atoms with van der Waals surface area (Å²) in [5, 5.41) is 0. The van der Waals surface area contributed by atoms with Crippen molar-refractivity contribution in [3.05, 3.63) is 35.4 Å². The second kappa shape index (κ2) is 6.47. The van der Waals surface area contributed by atoms with Crippen molar-refractivity contribution in [2.45, 2.75) is 50.7 Å². The second-order valence-corrected chi connectivity index (χ2v) is 6.39. The van der Waals surface area contributed by atoms with Gasteiger partial charge in [-0.05, 0) is 50.2 Å². The van der Waals surface area contributed by atoms with E-state index >= 15 is 0 Å². The van der Waals surface area contributed by atoms with Gasteiger partial charge < -0.3 is 10.5 Å². The number of hydrogen-bond donors (Lipinski definition) is 1. The zero-order chi connectivity index (χ0) is 14.7. The van der Waals surface area contributed by atoms with E-state index < -0.39 is 0 Å². The molecule has 1 fully saturated rings. The number of ether oxygens (including phenoxy) is 1. The Balaban J connectivity index is 1.82. The molecular weight excluding hydrogens is 260 g/mol. The number of likely N-dealkylation sites (tertiary alicyclic amines) is 1. The summed E-state index contributed by atoms with van der Waals surface area (Å²) in [5.41, 5.74) is 9.35. The summed E-state index contributed by atoms with van der Waals surface area (Å²) >= 11 is 0. The van der Waals surface area contributed by atoms with Crippen molar-refractivity contribution in [3.8, 4) is 0 Å². The molecule has 2 N–H and O–H groups in total. The monoisotopic (exact) mass is 288 g/mol. The summed E-state index contributed by atoms with van der Waals surface area (Å²) in [4.78, 5) is 2.64. The molecule has 1 aromatic rings. The molecule has 1 aromatic carbocycles. The van der Waals surface area contributed by atoms with Crippen molar-refractivity contribution in [2.24, 2.45) is 5.73 Å². The molecule has 1 aliphatic carbocycles. The third kappa shape index (κ3) is 2.75. The Morgan fingerprint density at radius 1 is 1.29 bits per heavy atom. The molecule has 3 nitrogen and oxygen atoms in total. The van der Waals surface area contributed by atoms with Crippen LogP contribution in [-0.2, 0) is 16.7 Å². The SMILES string of the molecule is CCOC1CCN(C2(CN)CCCc3ccccc32)CC1. The van der Waals surface area contributed by atoms with Crippen LogP contribution in [0.25, 0.3) is 0 Å². The van der Waals surface area contributed by atoms with E-state index in [1.165, 1.54) is 30.4 Å². The van der Waals surface area contributed by atoms with Crippen LogP contribution in [0.1, 0.15) is 43.7 Å². The standard InChI is InChI=1S/C18H28N2O/c1-2-21-16-9-12-20(13-10-16)18(14-19)11-5-7-15-6-3-4-8-17(15)18/h3-4,6,8,16H,2,5,7,9-14,19H2,1H3. The van der Waals surface area contributed by atoms with E-state index in [1.54, 1.807) is 0 Å². The van der Waals surface area contributed by atoms with E-state index in [-0.39, 0.29) is 5.54 Å². The lowest BCUT2D eigenvalue weighted by molar-refractivity contribution is -0.0248.